The Morgan fingerprint density at radius 1 is 1.13 bits per heavy atom. The Morgan fingerprint density at radius 2 is 1.83 bits per heavy atom. The van der Waals surface area contributed by atoms with Crippen LogP contribution in [-0.4, -0.2) is 22.5 Å². The molecule has 0 radical (unpaired) electrons. The quantitative estimate of drug-likeness (QED) is 0.842. The molecule has 2 N–H and O–H groups in total. The number of benzene rings is 2. The molecule has 0 heterocycles. The van der Waals surface area contributed by atoms with Crippen molar-refractivity contribution in [1.82, 2.24) is 0 Å². The zero-order valence-electron chi connectivity index (χ0n) is 11.3. The van der Waals surface area contributed by atoms with Crippen LogP contribution in [0.15, 0.2) is 42.5 Å². The predicted molar refractivity (Wildman–Crippen MR) is 71.1 cm³/mol. The van der Waals surface area contributed by atoms with Gasteiger partial charge in [-0.1, -0.05) is 18.2 Å². The lowest BCUT2D eigenvalue weighted by Gasteiger charge is -2.14. The van der Waals surface area contributed by atoms with E-state index < -0.39 is 30.0 Å². The van der Waals surface area contributed by atoms with E-state index in [1.54, 1.807) is 0 Å². The van der Waals surface area contributed by atoms with E-state index in [0.717, 1.165) is 30.3 Å². The van der Waals surface area contributed by atoms with Crippen LogP contribution in [0.1, 0.15) is 11.7 Å². The molecule has 0 aliphatic heterocycles. The smallest absolute Gasteiger partial charge is 0.479 e. The van der Waals surface area contributed by atoms with Crippen molar-refractivity contribution in [2.45, 2.75) is 12.5 Å². The van der Waals surface area contributed by atoms with E-state index in [2.05, 4.69) is 4.74 Å². The first kappa shape index (κ1) is 16.8. The lowest BCUT2D eigenvalue weighted by Crippen LogP contribution is -2.17. The number of carboxylic acids is 1. The van der Waals surface area contributed by atoms with Gasteiger partial charge in [0, 0.05) is 0 Å². The molecule has 8 heteroatoms. The molecule has 1 unspecified atom stereocenters. The molecule has 0 aromatic heterocycles. The van der Waals surface area contributed by atoms with Crippen molar-refractivity contribution in [2.24, 2.45) is 0 Å². The highest BCUT2D eigenvalue weighted by Gasteiger charge is 2.31. The van der Waals surface area contributed by atoms with Gasteiger partial charge in [-0.3, -0.25) is 0 Å². The molecule has 0 aliphatic rings. The Hall–Kier alpha value is -2.61. The highest BCUT2D eigenvalue weighted by molar-refractivity contribution is 5.79. The third-order valence-electron chi connectivity index (χ3n) is 2.92. The number of carbonyl (C=O) groups is 1. The number of ether oxygens (including phenoxy) is 1. The van der Waals surface area contributed by atoms with E-state index in [1.165, 1.54) is 12.1 Å². The molecule has 122 valence electrons. The standard InChI is InChI=1S/C15H10F4O4/c16-9-4-5-11(13(20)14(21)22)12(7-9)8-2-1-3-10(6-8)23-15(17,18)19/h1-7,13,20H,(H,21,22). The van der Waals surface area contributed by atoms with Crippen LogP contribution < -0.4 is 4.74 Å². The lowest BCUT2D eigenvalue weighted by atomic mass is 9.96. The molecular weight excluding hydrogens is 320 g/mol. The summed E-state index contributed by atoms with van der Waals surface area (Å²) in [5, 5.41) is 18.5. The fourth-order valence-corrected chi connectivity index (χ4v) is 2.01. The van der Waals surface area contributed by atoms with Gasteiger partial charge in [0.2, 0.25) is 0 Å². The fourth-order valence-electron chi connectivity index (χ4n) is 2.01. The second kappa shape index (κ2) is 6.25. The molecule has 0 bridgehead atoms. The Morgan fingerprint density at radius 3 is 2.43 bits per heavy atom. The van der Waals surface area contributed by atoms with Crippen molar-refractivity contribution >= 4 is 5.97 Å². The summed E-state index contributed by atoms with van der Waals surface area (Å²) < 4.78 is 54.0. The molecule has 2 aromatic rings. The highest BCUT2D eigenvalue weighted by atomic mass is 19.4. The van der Waals surface area contributed by atoms with Crippen LogP contribution in [0.25, 0.3) is 11.1 Å². The number of aliphatic carboxylic acids is 1. The summed E-state index contributed by atoms with van der Waals surface area (Å²) in [5.41, 5.74) is -0.128. The first-order chi connectivity index (χ1) is 10.7. The van der Waals surface area contributed by atoms with Gasteiger partial charge in [-0.15, -0.1) is 13.2 Å². The number of alkyl halides is 3. The van der Waals surface area contributed by atoms with E-state index in [4.69, 9.17) is 5.11 Å². The number of aliphatic hydroxyl groups is 1. The van der Waals surface area contributed by atoms with Crippen LogP contribution in [-0.2, 0) is 4.79 Å². The van der Waals surface area contributed by atoms with E-state index in [0.29, 0.717) is 0 Å². The van der Waals surface area contributed by atoms with E-state index in [9.17, 15) is 27.5 Å². The van der Waals surface area contributed by atoms with Crippen molar-refractivity contribution in [1.29, 1.82) is 0 Å². The van der Waals surface area contributed by atoms with Gasteiger partial charge in [0.25, 0.3) is 0 Å². The first-order valence-corrected chi connectivity index (χ1v) is 6.24. The monoisotopic (exact) mass is 330 g/mol. The molecule has 0 fully saturated rings. The highest BCUT2D eigenvalue weighted by Crippen LogP contribution is 2.33. The van der Waals surface area contributed by atoms with Crippen molar-refractivity contribution in [3.05, 3.63) is 53.8 Å². The average molecular weight is 330 g/mol. The molecule has 23 heavy (non-hydrogen) atoms. The van der Waals surface area contributed by atoms with Gasteiger partial charge >= 0.3 is 12.3 Å². The number of halogens is 4. The molecule has 0 spiro atoms. The first-order valence-electron chi connectivity index (χ1n) is 6.24. The normalized spacial score (nSPS) is 12.7. The van der Waals surface area contributed by atoms with Gasteiger partial charge < -0.3 is 14.9 Å². The van der Waals surface area contributed by atoms with E-state index >= 15 is 0 Å². The Labute approximate surface area is 127 Å². The Kier molecular flexibility index (Phi) is 4.55. The zero-order valence-corrected chi connectivity index (χ0v) is 11.3. The van der Waals surface area contributed by atoms with Gasteiger partial charge in [-0.25, -0.2) is 9.18 Å². The van der Waals surface area contributed by atoms with E-state index in [-0.39, 0.29) is 16.7 Å². The number of aliphatic hydroxyl groups excluding tert-OH is 1. The molecule has 0 saturated carbocycles. The lowest BCUT2D eigenvalue weighted by molar-refractivity contribution is -0.274. The molecule has 0 saturated heterocycles. The fraction of sp³-hybridized carbons (Fsp3) is 0.133. The molecule has 0 amide bonds. The van der Waals surface area contributed by atoms with Gasteiger partial charge in [-0.05, 0) is 41.0 Å². The van der Waals surface area contributed by atoms with Crippen molar-refractivity contribution in [3.8, 4) is 16.9 Å². The molecular formula is C15H10F4O4. The summed E-state index contributed by atoms with van der Waals surface area (Å²) in [6.07, 6.45) is -6.85. The van der Waals surface area contributed by atoms with Crippen LogP contribution in [0, 0.1) is 5.82 Å². The number of carboxylic acid groups (broad SMARTS) is 1. The molecule has 0 aliphatic carbocycles. The number of rotatable bonds is 4. The van der Waals surface area contributed by atoms with Gasteiger partial charge in [0.1, 0.15) is 11.6 Å². The van der Waals surface area contributed by atoms with E-state index in [1.807, 2.05) is 0 Å². The summed E-state index contributed by atoms with van der Waals surface area (Å²) in [6, 6.07) is 7.52. The topological polar surface area (TPSA) is 66.8 Å². The summed E-state index contributed by atoms with van der Waals surface area (Å²) in [5.74, 6) is -2.85. The Balaban J connectivity index is 2.51. The molecule has 2 rings (SSSR count). The molecule has 4 nitrogen and oxygen atoms in total. The Bertz CT molecular complexity index is 728. The van der Waals surface area contributed by atoms with Crippen LogP contribution in [0.5, 0.6) is 5.75 Å². The minimum Gasteiger partial charge on any atom is -0.479 e. The summed E-state index contributed by atoms with van der Waals surface area (Å²) in [7, 11) is 0. The second-order valence-corrected chi connectivity index (χ2v) is 4.55. The molecule has 2 aromatic carbocycles. The third-order valence-corrected chi connectivity index (χ3v) is 2.92. The average Bonchev–Trinajstić information content (AvgIpc) is 2.45. The molecule has 1 atom stereocenters. The maximum Gasteiger partial charge on any atom is 0.573 e. The van der Waals surface area contributed by atoms with Crippen LogP contribution in [0.4, 0.5) is 17.6 Å². The number of hydrogen-bond acceptors (Lipinski definition) is 3. The van der Waals surface area contributed by atoms with Gasteiger partial charge in [-0.2, -0.15) is 0 Å². The minimum absolute atomic E-state index is 0.0486. The second-order valence-electron chi connectivity index (χ2n) is 4.55. The number of hydrogen-bond donors (Lipinski definition) is 2. The SMILES string of the molecule is O=C(O)C(O)c1ccc(F)cc1-c1cccc(OC(F)(F)F)c1. The van der Waals surface area contributed by atoms with Crippen molar-refractivity contribution in [3.63, 3.8) is 0 Å². The largest absolute Gasteiger partial charge is 0.573 e. The summed E-state index contributed by atoms with van der Waals surface area (Å²) in [6.45, 7) is 0. The summed E-state index contributed by atoms with van der Waals surface area (Å²) in [4.78, 5) is 10.9. The van der Waals surface area contributed by atoms with Crippen molar-refractivity contribution < 1.29 is 37.3 Å². The maximum absolute atomic E-state index is 13.4. The van der Waals surface area contributed by atoms with Gasteiger partial charge in [0.05, 0.1) is 0 Å². The zero-order chi connectivity index (χ0) is 17.2. The van der Waals surface area contributed by atoms with Crippen LogP contribution in [0.3, 0.4) is 0 Å². The van der Waals surface area contributed by atoms with Crippen molar-refractivity contribution in [2.75, 3.05) is 0 Å². The minimum atomic E-state index is -4.90. The van der Waals surface area contributed by atoms with Gasteiger partial charge in [0.15, 0.2) is 6.10 Å². The predicted octanol–water partition coefficient (Wildman–Crippen LogP) is 3.51. The maximum atomic E-state index is 13.4. The van der Waals surface area contributed by atoms with Crippen LogP contribution in [0.2, 0.25) is 0 Å². The van der Waals surface area contributed by atoms with Crippen LogP contribution >= 0.6 is 0 Å². The third kappa shape index (κ3) is 4.19. The summed E-state index contributed by atoms with van der Waals surface area (Å²) >= 11 is 0.